The largest absolute Gasteiger partial charge is 0.508 e. The monoisotopic (exact) mass is 296 g/mol. The van der Waals surface area contributed by atoms with Crippen molar-refractivity contribution in [3.8, 4) is 26.9 Å². The summed E-state index contributed by atoms with van der Waals surface area (Å²) >= 11 is 1.57. The van der Waals surface area contributed by atoms with Gasteiger partial charge in [0, 0.05) is 11.1 Å². The van der Waals surface area contributed by atoms with Gasteiger partial charge in [0.15, 0.2) is 0 Å². The van der Waals surface area contributed by atoms with Crippen LogP contribution >= 0.6 is 11.3 Å². The van der Waals surface area contributed by atoms with Gasteiger partial charge in [-0.1, -0.05) is 17.4 Å². The molecule has 3 rings (SSSR count). The number of aromatic hydroxyl groups is 1. The van der Waals surface area contributed by atoms with E-state index in [0.29, 0.717) is 0 Å². The quantitative estimate of drug-likeness (QED) is 0.757. The molecule has 0 atom stereocenters. The highest BCUT2D eigenvalue weighted by atomic mass is 32.1. The molecule has 2 aromatic carbocycles. The van der Waals surface area contributed by atoms with Crippen molar-refractivity contribution >= 4 is 11.3 Å². The minimum Gasteiger partial charge on any atom is -0.508 e. The first-order valence-electron chi connectivity index (χ1n) is 6.76. The zero-order valence-corrected chi connectivity index (χ0v) is 13.0. The van der Waals surface area contributed by atoms with Crippen LogP contribution in [0.3, 0.4) is 0 Å². The van der Waals surface area contributed by atoms with Crippen molar-refractivity contribution in [3.05, 3.63) is 53.1 Å². The zero-order chi connectivity index (χ0) is 15.0. The number of benzene rings is 2. The lowest BCUT2D eigenvalue weighted by atomic mass is 10.0. The Bertz CT molecular complexity index is 791. The summed E-state index contributed by atoms with van der Waals surface area (Å²) in [6.45, 7) is 6.33. The summed E-state index contributed by atoms with van der Waals surface area (Å²) in [5.41, 5.74) is 5.88. The molecule has 0 unspecified atom stereocenters. The van der Waals surface area contributed by atoms with Crippen molar-refractivity contribution in [2.45, 2.75) is 20.8 Å². The Hall–Kier alpha value is -2.20. The molecule has 0 bridgehead atoms. The maximum Gasteiger partial charge on any atom is 0.148 e. The van der Waals surface area contributed by atoms with Crippen LogP contribution in [0.5, 0.6) is 5.75 Å². The molecule has 1 aromatic heterocycles. The topological polar surface area (TPSA) is 46.0 Å². The summed E-state index contributed by atoms with van der Waals surface area (Å²) in [5, 5.41) is 19.7. The van der Waals surface area contributed by atoms with Crippen LogP contribution in [0.4, 0.5) is 0 Å². The van der Waals surface area contributed by atoms with Gasteiger partial charge < -0.3 is 5.11 Å². The summed E-state index contributed by atoms with van der Waals surface area (Å²) in [6.07, 6.45) is 0. The predicted molar refractivity (Wildman–Crippen MR) is 86.7 cm³/mol. The maximum atomic E-state index is 9.35. The van der Waals surface area contributed by atoms with Crippen LogP contribution < -0.4 is 0 Å². The number of aromatic nitrogens is 2. The molecule has 0 spiro atoms. The Labute approximate surface area is 127 Å². The van der Waals surface area contributed by atoms with E-state index < -0.39 is 0 Å². The van der Waals surface area contributed by atoms with E-state index in [4.69, 9.17) is 0 Å². The molecule has 3 nitrogen and oxygen atoms in total. The van der Waals surface area contributed by atoms with Crippen molar-refractivity contribution < 1.29 is 5.11 Å². The van der Waals surface area contributed by atoms with E-state index >= 15 is 0 Å². The molecular weight excluding hydrogens is 280 g/mol. The summed E-state index contributed by atoms with van der Waals surface area (Å²) < 4.78 is 0. The summed E-state index contributed by atoms with van der Waals surface area (Å²) in [6, 6.07) is 11.4. The molecule has 0 radical (unpaired) electrons. The van der Waals surface area contributed by atoms with Crippen molar-refractivity contribution in [2.75, 3.05) is 0 Å². The van der Waals surface area contributed by atoms with Crippen molar-refractivity contribution in [2.24, 2.45) is 0 Å². The Balaban J connectivity index is 2.02. The Kier molecular flexibility index (Phi) is 3.47. The molecule has 1 N–H and O–H groups in total. The Morgan fingerprint density at radius 1 is 0.810 bits per heavy atom. The average Bonchev–Trinajstić information content (AvgIpc) is 2.93. The molecule has 0 amide bonds. The lowest BCUT2D eigenvalue weighted by molar-refractivity contribution is 0.475. The fraction of sp³-hybridized carbons (Fsp3) is 0.176. The number of hydrogen-bond acceptors (Lipinski definition) is 4. The molecule has 0 fully saturated rings. The standard InChI is InChI=1S/C17H16N2OS/c1-10-8-12(3)15(9-11(10)2)17-19-18-16(21-17)13-4-6-14(20)7-5-13/h4-9,20H,1-3H3. The number of phenolic OH excluding ortho intramolecular Hbond substituents is 1. The summed E-state index contributed by atoms with van der Waals surface area (Å²) in [5.74, 6) is 0.258. The molecule has 0 saturated heterocycles. The van der Waals surface area contributed by atoms with Gasteiger partial charge in [-0.15, -0.1) is 10.2 Å². The van der Waals surface area contributed by atoms with Crippen LogP contribution in [0.25, 0.3) is 21.1 Å². The van der Waals surface area contributed by atoms with Crippen LogP contribution in [0.15, 0.2) is 36.4 Å². The highest BCUT2D eigenvalue weighted by molar-refractivity contribution is 7.17. The minimum absolute atomic E-state index is 0.258. The minimum atomic E-state index is 0.258. The smallest absolute Gasteiger partial charge is 0.148 e. The first-order chi connectivity index (χ1) is 10.0. The molecule has 0 aliphatic rings. The van der Waals surface area contributed by atoms with E-state index in [1.54, 1.807) is 23.5 Å². The number of hydrogen-bond donors (Lipinski definition) is 1. The molecule has 4 heteroatoms. The second kappa shape index (κ2) is 5.30. The molecule has 0 aliphatic heterocycles. The lowest BCUT2D eigenvalue weighted by Gasteiger charge is -2.06. The van der Waals surface area contributed by atoms with Crippen LogP contribution in [-0.4, -0.2) is 15.3 Å². The summed E-state index contributed by atoms with van der Waals surface area (Å²) in [7, 11) is 0. The van der Waals surface area contributed by atoms with Crippen LogP contribution in [-0.2, 0) is 0 Å². The number of nitrogens with zero attached hydrogens (tertiary/aromatic N) is 2. The fourth-order valence-electron chi connectivity index (χ4n) is 2.24. The Morgan fingerprint density at radius 2 is 1.43 bits per heavy atom. The molecular formula is C17H16N2OS. The molecule has 3 aromatic rings. The predicted octanol–water partition coefficient (Wildman–Crippen LogP) is 4.50. The van der Waals surface area contributed by atoms with E-state index in [-0.39, 0.29) is 5.75 Å². The number of aryl methyl sites for hydroxylation is 3. The fourth-order valence-corrected chi connectivity index (χ4v) is 3.17. The number of phenols is 1. The first kappa shape index (κ1) is 13.8. The van der Waals surface area contributed by atoms with E-state index in [9.17, 15) is 5.11 Å². The van der Waals surface area contributed by atoms with Gasteiger partial charge in [0.2, 0.25) is 0 Å². The van der Waals surface area contributed by atoms with Gasteiger partial charge in [-0.2, -0.15) is 0 Å². The third kappa shape index (κ3) is 2.67. The average molecular weight is 296 g/mol. The molecule has 0 saturated carbocycles. The molecule has 21 heavy (non-hydrogen) atoms. The van der Waals surface area contributed by atoms with Crippen molar-refractivity contribution in [1.82, 2.24) is 10.2 Å². The Morgan fingerprint density at radius 3 is 2.14 bits per heavy atom. The third-order valence-corrected chi connectivity index (χ3v) is 4.62. The van der Waals surface area contributed by atoms with E-state index in [1.165, 1.54) is 16.7 Å². The van der Waals surface area contributed by atoms with Gasteiger partial charge in [0.1, 0.15) is 15.8 Å². The van der Waals surface area contributed by atoms with Gasteiger partial charge >= 0.3 is 0 Å². The highest BCUT2D eigenvalue weighted by Crippen LogP contribution is 2.33. The van der Waals surface area contributed by atoms with Crippen molar-refractivity contribution in [3.63, 3.8) is 0 Å². The van der Waals surface area contributed by atoms with Crippen LogP contribution in [0.1, 0.15) is 16.7 Å². The van der Waals surface area contributed by atoms with Crippen LogP contribution in [0.2, 0.25) is 0 Å². The molecule has 1 heterocycles. The van der Waals surface area contributed by atoms with E-state index in [2.05, 4.69) is 43.1 Å². The lowest BCUT2D eigenvalue weighted by Crippen LogP contribution is -1.88. The molecule has 0 aliphatic carbocycles. The third-order valence-electron chi connectivity index (χ3n) is 3.61. The number of rotatable bonds is 2. The maximum absolute atomic E-state index is 9.35. The van der Waals surface area contributed by atoms with E-state index in [0.717, 1.165) is 21.1 Å². The SMILES string of the molecule is Cc1cc(C)c(-c2nnc(-c3ccc(O)cc3)s2)cc1C. The first-order valence-corrected chi connectivity index (χ1v) is 7.57. The second-order valence-electron chi connectivity index (χ2n) is 5.21. The molecule has 106 valence electrons. The van der Waals surface area contributed by atoms with Gasteiger partial charge in [-0.05, 0) is 67.8 Å². The van der Waals surface area contributed by atoms with Crippen molar-refractivity contribution in [1.29, 1.82) is 0 Å². The van der Waals surface area contributed by atoms with Crippen LogP contribution in [0, 0.1) is 20.8 Å². The second-order valence-corrected chi connectivity index (χ2v) is 6.19. The van der Waals surface area contributed by atoms with Gasteiger partial charge in [0.05, 0.1) is 0 Å². The zero-order valence-electron chi connectivity index (χ0n) is 12.2. The van der Waals surface area contributed by atoms with Gasteiger partial charge in [0.25, 0.3) is 0 Å². The normalized spacial score (nSPS) is 10.8. The van der Waals surface area contributed by atoms with Gasteiger partial charge in [-0.3, -0.25) is 0 Å². The van der Waals surface area contributed by atoms with Gasteiger partial charge in [-0.25, -0.2) is 0 Å². The highest BCUT2D eigenvalue weighted by Gasteiger charge is 2.11. The van der Waals surface area contributed by atoms with E-state index in [1.807, 2.05) is 12.1 Å². The summed E-state index contributed by atoms with van der Waals surface area (Å²) in [4.78, 5) is 0.